The van der Waals surface area contributed by atoms with Crippen molar-refractivity contribution in [1.29, 1.82) is 0 Å². The Labute approximate surface area is 193 Å². The van der Waals surface area contributed by atoms with Gasteiger partial charge in [-0.3, -0.25) is 4.79 Å². The maximum Gasteiger partial charge on any atom is 0.303 e. The maximum atomic E-state index is 11.0. The summed E-state index contributed by atoms with van der Waals surface area (Å²) >= 11 is 0. The van der Waals surface area contributed by atoms with Crippen LogP contribution < -0.4 is 9.47 Å². The molecule has 33 heavy (non-hydrogen) atoms. The summed E-state index contributed by atoms with van der Waals surface area (Å²) in [5, 5.41) is 9.06. The number of rotatable bonds is 9. The molecule has 0 spiro atoms. The predicted octanol–water partition coefficient (Wildman–Crippen LogP) is 5.57. The molecule has 2 aromatic carbocycles. The molecule has 0 radical (unpaired) electrons. The van der Waals surface area contributed by atoms with E-state index >= 15 is 0 Å². The summed E-state index contributed by atoms with van der Waals surface area (Å²) in [5.74, 6) is 2.78. The SMILES string of the molecule is O=C(O)C[C@@H]1CCc2cc(OCCCOc3ccc(-c4nc5c(o4)CCCC5)cc3)ccc21. The average molecular weight is 448 g/mol. The van der Waals surface area contributed by atoms with Crippen LogP contribution in [0.25, 0.3) is 11.5 Å². The van der Waals surface area contributed by atoms with Gasteiger partial charge in [0.15, 0.2) is 0 Å². The highest BCUT2D eigenvalue weighted by atomic mass is 16.5. The highest BCUT2D eigenvalue weighted by Crippen LogP contribution is 2.37. The zero-order chi connectivity index (χ0) is 22.6. The van der Waals surface area contributed by atoms with E-state index in [2.05, 4.69) is 11.1 Å². The smallest absolute Gasteiger partial charge is 0.303 e. The number of carbonyl (C=O) groups is 1. The molecule has 2 aliphatic rings. The number of carboxylic acids is 1. The Balaban J connectivity index is 1.07. The quantitative estimate of drug-likeness (QED) is 0.432. The third-order valence-corrected chi connectivity index (χ3v) is 6.51. The van der Waals surface area contributed by atoms with E-state index in [9.17, 15) is 4.79 Å². The normalized spacial score (nSPS) is 16.8. The van der Waals surface area contributed by atoms with Gasteiger partial charge in [-0.1, -0.05) is 6.07 Å². The molecular formula is C27H29NO5. The van der Waals surface area contributed by atoms with Gasteiger partial charge in [0.05, 0.1) is 25.3 Å². The number of oxazole rings is 1. The van der Waals surface area contributed by atoms with Crippen molar-refractivity contribution in [2.24, 2.45) is 0 Å². The van der Waals surface area contributed by atoms with Gasteiger partial charge in [-0.15, -0.1) is 0 Å². The zero-order valence-corrected chi connectivity index (χ0v) is 18.7. The highest BCUT2D eigenvalue weighted by Gasteiger charge is 2.25. The number of hydrogen-bond acceptors (Lipinski definition) is 5. The van der Waals surface area contributed by atoms with Gasteiger partial charge < -0.3 is 19.0 Å². The van der Waals surface area contributed by atoms with Crippen molar-refractivity contribution < 1.29 is 23.8 Å². The van der Waals surface area contributed by atoms with E-state index < -0.39 is 5.97 Å². The number of fused-ring (bicyclic) bond motifs is 2. The molecule has 2 aliphatic carbocycles. The van der Waals surface area contributed by atoms with Gasteiger partial charge in [0, 0.05) is 18.4 Å². The van der Waals surface area contributed by atoms with Gasteiger partial charge in [0.2, 0.25) is 5.89 Å². The van der Waals surface area contributed by atoms with Crippen molar-refractivity contribution in [3.8, 4) is 23.0 Å². The van der Waals surface area contributed by atoms with Gasteiger partial charge in [0.1, 0.15) is 17.3 Å². The number of aryl methyl sites for hydroxylation is 3. The molecule has 1 aromatic heterocycles. The molecule has 1 atom stereocenters. The molecule has 0 fully saturated rings. The van der Waals surface area contributed by atoms with E-state index in [1.54, 1.807) is 0 Å². The van der Waals surface area contributed by atoms with E-state index in [0.717, 1.165) is 66.2 Å². The van der Waals surface area contributed by atoms with Crippen LogP contribution in [0.5, 0.6) is 11.5 Å². The molecule has 0 amide bonds. The van der Waals surface area contributed by atoms with Crippen LogP contribution in [-0.2, 0) is 24.1 Å². The van der Waals surface area contributed by atoms with Gasteiger partial charge in [-0.2, -0.15) is 0 Å². The lowest BCUT2D eigenvalue weighted by Gasteiger charge is -2.11. The Bertz CT molecular complexity index is 1090. The lowest BCUT2D eigenvalue weighted by atomic mass is 9.98. The number of aliphatic carboxylic acids is 1. The first kappa shape index (κ1) is 21.6. The molecular weight excluding hydrogens is 418 g/mol. The Morgan fingerprint density at radius 3 is 2.55 bits per heavy atom. The van der Waals surface area contributed by atoms with Crippen molar-refractivity contribution in [2.75, 3.05) is 13.2 Å². The van der Waals surface area contributed by atoms with Crippen molar-refractivity contribution >= 4 is 5.97 Å². The number of carboxylic acid groups (broad SMARTS) is 1. The number of aromatic nitrogens is 1. The molecule has 0 unspecified atom stereocenters. The molecule has 1 N–H and O–H groups in total. The first-order valence-corrected chi connectivity index (χ1v) is 11.8. The van der Waals surface area contributed by atoms with Crippen molar-refractivity contribution in [3.63, 3.8) is 0 Å². The van der Waals surface area contributed by atoms with Crippen LogP contribution in [0.1, 0.15) is 60.6 Å². The third-order valence-electron chi connectivity index (χ3n) is 6.51. The van der Waals surface area contributed by atoms with E-state index in [-0.39, 0.29) is 12.3 Å². The fraction of sp³-hybridized carbons (Fsp3) is 0.407. The summed E-state index contributed by atoms with van der Waals surface area (Å²) in [5.41, 5.74) is 4.45. The van der Waals surface area contributed by atoms with Crippen LogP contribution >= 0.6 is 0 Å². The van der Waals surface area contributed by atoms with E-state index in [1.807, 2.05) is 36.4 Å². The fourth-order valence-electron chi connectivity index (χ4n) is 4.80. The standard InChI is InChI=1S/C27H29NO5/c29-26(30)17-20-7-6-19-16-22(12-13-23(19)20)32-15-3-14-31-21-10-8-18(9-11-21)27-28-24-4-1-2-5-25(24)33-27/h8-13,16,20H,1-7,14-15,17H2,(H,29,30)/t20-/m0/s1. The first-order chi connectivity index (χ1) is 16.2. The topological polar surface area (TPSA) is 81.8 Å². The van der Waals surface area contributed by atoms with Crippen LogP contribution in [0.3, 0.4) is 0 Å². The lowest BCUT2D eigenvalue weighted by Crippen LogP contribution is -2.05. The minimum atomic E-state index is -0.737. The highest BCUT2D eigenvalue weighted by molar-refractivity contribution is 5.68. The second kappa shape index (κ2) is 9.69. The second-order valence-electron chi connectivity index (χ2n) is 8.86. The molecule has 172 valence electrons. The van der Waals surface area contributed by atoms with Gasteiger partial charge in [-0.05, 0) is 85.5 Å². The molecule has 6 heteroatoms. The second-order valence-corrected chi connectivity index (χ2v) is 8.86. The summed E-state index contributed by atoms with van der Waals surface area (Å²) in [4.78, 5) is 15.7. The molecule has 0 bridgehead atoms. The minimum Gasteiger partial charge on any atom is -0.493 e. The molecule has 3 aromatic rings. The summed E-state index contributed by atoms with van der Waals surface area (Å²) in [6, 6.07) is 13.9. The summed E-state index contributed by atoms with van der Waals surface area (Å²) in [6.07, 6.45) is 7.16. The number of hydrogen-bond donors (Lipinski definition) is 1. The molecule has 0 aliphatic heterocycles. The third kappa shape index (κ3) is 5.05. The monoisotopic (exact) mass is 447 g/mol. The minimum absolute atomic E-state index is 0.125. The molecule has 1 heterocycles. The van der Waals surface area contributed by atoms with Crippen LogP contribution in [0.4, 0.5) is 0 Å². The molecule has 0 saturated heterocycles. The first-order valence-electron chi connectivity index (χ1n) is 11.8. The Kier molecular flexibility index (Phi) is 6.33. The Morgan fingerprint density at radius 2 is 1.76 bits per heavy atom. The summed E-state index contributed by atoms with van der Waals surface area (Å²) in [6.45, 7) is 1.13. The molecule has 5 rings (SSSR count). The van der Waals surface area contributed by atoms with Crippen LogP contribution in [0.15, 0.2) is 46.9 Å². The van der Waals surface area contributed by atoms with Crippen LogP contribution in [0.2, 0.25) is 0 Å². The van der Waals surface area contributed by atoms with Crippen molar-refractivity contribution in [1.82, 2.24) is 4.98 Å². The van der Waals surface area contributed by atoms with Gasteiger partial charge in [0.25, 0.3) is 0 Å². The maximum absolute atomic E-state index is 11.0. The zero-order valence-electron chi connectivity index (χ0n) is 18.7. The van der Waals surface area contributed by atoms with Gasteiger partial charge >= 0.3 is 5.97 Å². The molecule has 0 saturated carbocycles. The van der Waals surface area contributed by atoms with E-state index in [0.29, 0.717) is 19.1 Å². The van der Waals surface area contributed by atoms with Crippen LogP contribution in [-0.4, -0.2) is 29.3 Å². The number of ether oxygens (including phenoxy) is 2. The van der Waals surface area contributed by atoms with Crippen LogP contribution in [0, 0.1) is 0 Å². The predicted molar refractivity (Wildman–Crippen MR) is 124 cm³/mol. The Hall–Kier alpha value is -3.28. The average Bonchev–Trinajstić information content (AvgIpc) is 3.43. The molecule has 6 nitrogen and oxygen atoms in total. The van der Waals surface area contributed by atoms with E-state index in [1.165, 1.54) is 18.4 Å². The van der Waals surface area contributed by atoms with Gasteiger partial charge in [-0.25, -0.2) is 4.98 Å². The largest absolute Gasteiger partial charge is 0.493 e. The fourth-order valence-corrected chi connectivity index (χ4v) is 4.80. The van der Waals surface area contributed by atoms with Crippen molar-refractivity contribution in [3.05, 3.63) is 65.0 Å². The lowest BCUT2D eigenvalue weighted by molar-refractivity contribution is -0.137. The van der Waals surface area contributed by atoms with E-state index in [4.69, 9.17) is 19.0 Å². The summed E-state index contributed by atoms with van der Waals surface area (Å²) in [7, 11) is 0. The number of benzene rings is 2. The summed E-state index contributed by atoms with van der Waals surface area (Å²) < 4.78 is 17.7. The number of nitrogens with zero attached hydrogens (tertiary/aromatic N) is 1. The van der Waals surface area contributed by atoms with Crippen molar-refractivity contribution in [2.45, 2.75) is 57.3 Å². The Morgan fingerprint density at radius 1 is 1.00 bits per heavy atom.